The molecule has 3 heterocycles. The van der Waals surface area contributed by atoms with Gasteiger partial charge < -0.3 is 30.5 Å². The molecule has 3 fully saturated rings. The third kappa shape index (κ3) is 8.89. The van der Waals surface area contributed by atoms with Crippen molar-refractivity contribution in [3.63, 3.8) is 0 Å². The standard InChI is InChI=1S/C21H18FN5O2S.C19H17FN4O2.2CH4.W/c1-12-9-14(11-25-17(12)23-2)26-19(29)21(7-4-8-21)27(20(26)30)13-5-6-15(16(22)10-13)18(28)24-3;1-12-8-15(10-22-17(12)21-2)23-18(26)19(6-3-7-19)24-14-5-4-13(11-25)16(20)9-14;;;/h5-6,9-11H,4,7-8H2,1,3H3,(H,24,28);4-5,8-11,24H,3,6-7H2,1H3,(H,23,26);2*1H4;. The van der Waals surface area contributed by atoms with Crippen LogP contribution in [0.25, 0.3) is 9.69 Å². The van der Waals surface area contributed by atoms with Crippen molar-refractivity contribution in [3.8, 4) is 0 Å². The van der Waals surface area contributed by atoms with Gasteiger partial charge in [0.2, 0.25) is 5.91 Å². The molecule has 306 valence electrons. The molecule has 0 bridgehead atoms. The molecule has 13 nitrogen and oxygen atoms in total. The summed E-state index contributed by atoms with van der Waals surface area (Å²) < 4.78 is 28.4. The molecule has 59 heavy (non-hydrogen) atoms. The van der Waals surface area contributed by atoms with E-state index in [1.165, 1.54) is 48.6 Å². The molecule has 3 aliphatic rings. The summed E-state index contributed by atoms with van der Waals surface area (Å²) in [5.74, 6) is -1.71. The second-order valence-electron chi connectivity index (χ2n) is 13.7. The van der Waals surface area contributed by atoms with Gasteiger partial charge in [-0.15, -0.1) is 9.97 Å². The van der Waals surface area contributed by atoms with E-state index in [1.54, 1.807) is 43.0 Å². The fourth-order valence-corrected chi connectivity index (χ4v) is 7.35. The topological polar surface area (TPSA) is 145 Å². The number of aromatic nitrogens is 2. The van der Waals surface area contributed by atoms with Crippen LogP contribution in [0.5, 0.6) is 0 Å². The SMILES string of the molecule is C.C.[C-]#[N+]c1ncc(N2C(=O)C3(CCC3)N(c3ccc(C(=O)NC)c(F)c3)C2=S)cc1C.[C-]#[N+]c1ncc(NC(=O)C2(Nc3ccc(C=O)c(F)c3)CCC2)cc1C.[W]. The number of hydrogen-bond donors (Lipinski definition) is 3. The molecule has 2 aromatic heterocycles. The molecular formula is C42H43F2N9O4SW. The van der Waals surface area contributed by atoms with Gasteiger partial charge in [0, 0.05) is 39.5 Å². The van der Waals surface area contributed by atoms with Crippen molar-refractivity contribution in [2.24, 2.45) is 0 Å². The Kier molecular flexibility index (Phi) is 15.4. The molecule has 17 heteroatoms. The molecule has 4 aromatic rings. The number of hydrogen-bond acceptors (Lipinski definition) is 8. The third-order valence-corrected chi connectivity index (χ3v) is 10.6. The molecule has 0 atom stereocenters. The summed E-state index contributed by atoms with van der Waals surface area (Å²) in [7, 11) is 1.43. The largest absolute Gasteiger partial charge is 0.371 e. The van der Waals surface area contributed by atoms with Crippen LogP contribution in [0.15, 0.2) is 60.9 Å². The number of carbonyl (C=O) groups is 4. The van der Waals surface area contributed by atoms with Gasteiger partial charge in [-0.3, -0.25) is 24.1 Å². The van der Waals surface area contributed by atoms with Gasteiger partial charge in [-0.25, -0.2) is 8.78 Å². The molecule has 2 aliphatic carbocycles. The molecule has 0 radical (unpaired) electrons. The molecule has 2 aromatic carbocycles. The van der Waals surface area contributed by atoms with Crippen LogP contribution in [-0.4, -0.2) is 57.2 Å². The van der Waals surface area contributed by atoms with Crippen molar-refractivity contribution >= 4 is 75.7 Å². The molecule has 3 N–H and O–H groups in total. The number of carbonyl (C=O) groups excluding carboxylic acids is 4. The Morgan fingerprint density at radius 1 is 0.864 bits per heavy atom. The molecule has 0 unspecified atom stereocenters. The quantitative estimate of drug-likeness (QED) is 0.0898. The summed E-state index contributed by atoms with van der Waals surface area (Å²) in [6.45, 7) is 17.7. The molecule has 2 saturated carbocycles. The Morgan fingerprint density at radius 3 is 1.98 bits per heavy atom. The van der Waals surface area contributed by atoms with Crippen LogP contribution in [0.1, 0.15) is 85.2 Å². The normalized spacial score (nSPS) is 15.2. The van der Waals surface area contributed by atoms with Gasteiger partial charge in [0.1, 0.15) is 35.1 Å². The zero-order chi connectivity index (χ0) is 40.4. The molecule has 3 amide bonds. The van der Waals surface area contributed by atoms with Crippen LogP contribution in [0, 0.1) is 38.6 Å². The molecule has 1 aliphatic heterocycles. The number of anilines is 4. The minimum atomic E-state index is -0.871. The first kappa shape index (κ1) is 47.4. The van der Waals surface area contributed by atoms with Crippen molar-refractivity contribution < 1.29 is 49.0 Å². The number of pyridine rings is 2. The molecular weight excluding hydrogens is 948 g/mol. The minimum Gasteiger partial charge on any atom is -0.371 e. The Bertz CT molecular complexity index is 2390. The van der Waals surface area contributed by atoms with E-state index in [-0.39, 0.29) is 69.8 Å². The van der Waals surface area contributed by atoms with Crippen molar-refractivity contribution in [3.05, 3.63) is 118 Å². The number of thiocarbonyl (C=S) groups is 1. The van der Waals surface area contributed by atoms with Gasteiger partial charge in [-0.1, -0.05) is 28.0 Å². The monoisotopic (exact) mass is 991 g/mol. The Morgan fingerprint density at radius 2 is 1.49 bits per heavy atom. The maximum Gasteiger partial charge on any atom is 0.272 e. The first-order valence-electron chi connectivity index (χ1n) is 17.5. The fraction of sp³-hybridized carbons (Fsp3) is 0.310. The van der Waals surface area contributed by atoms with Gasteiger partial charge in [0.15, 0.2) is 11.4 Å². The second kappa shape index (κ2) is 19.2. The van der Waals surface area contributed by atoms with Crippen LogP contribution >= 0.6 is 12.2 Å². The Balaban J connectivity index is 0.000000303. The molecule has 1 spiro atoms. The number of rotatable bonds is 8. The number of benzene rings is 2. The number of nitrogens with one attached hydrogen (secondary N) is 3. The van der Waals surface area contributed by atoms with E-state index >= 15 is 0 Å². The van der Waals surface area contributed by atoms with Crippen molar-refractivity contribution in [2.75, 3.05) is 27.5 Å². The predicted octanol–water partition coefficient (Wildman–Crippen LogP) is 8.64. The summed E-state index contributed by atoms with van der Waals surface area (Å²) >= 11 is 5.65. The van der Waals surface area contributed by atoms with E-state index in [4.69, 9.17) is 25.4 Å². The Hall–Kier alpha value is -5.96. The van der Waals surface area contributed by atoms with E-state index in [0.29, 0.717) is 71.7 Å². The van der Waals surface area contributed by atoms with Gasteiger partial charge in [0.05, 0.1) is 22.5 Å². The smallest absolute Gasteiger partial charge is 0.272 e. The summed E-state index contributed by atoms with van der Waals surface area (Å²) in [6.07, 6.45) is 7.49. The van der Waals surface area contributed by atoms with Crippen LogP contribution in [0.4, 0.5) is 43.2 Å². The van der Waals surface area contributed by atoms with Gasteiger partial charge in [0.25, 0.3) is 23.5 Å². The number of aldehydes is 1. The summed E-state index contributed by atoms with van der Waals surface area (Å²) in [5, 5.41) is 8.55. The van der Waals surface area contributed by atoms with Gasteiger partial charge in [-0.05, 0) is 124 Å². The second-order valence-corrected chi connectivity index (χ2v) is 14.0. The third-order valence-electron chi connectivity index (χ3n) is 10.2. The van der Waals surface area contributed by atoms with Crippen molar-refractivity contribution in [1.29, 1.82) is 0 Å². The van der Waals surface area contributed by atoms with Crippen LogP contribution in [0.2, 0.25) is 0 Å². The summed E-state index contributed by atoms with van der Waals surface area (Å²) in [4.78, 5) is 66.6. The number of nitrogens with zero attached hydrogens (tertiary/aromatic N) is 6. The summed E-state index contributed by atoms with van der Waals surface area (Å²) in [6, 6.07) is 11.8. The zero-order valence-corrected chi connectivity index (χ0v) is 34.7. The van der Waals surface area contributed by atoms with E-state index in [9.17, 15) is 28.0 Å². The minimum absolute atomic E-state index is 0. The number of halogens is 2. The van der Waals surface area contributed by atoms with Crippen LogP contribution in [0.3, 0.4) is 0 Å². The average molecular weight is 992 g/mol. The van der Waals surface area contributed by atoms with Crippen molar-refractivity contribution in [2.45, 2.75) is 78.3 Å². The van der Waals surface area contributed by atoms with E-state index in [0.717, 1.165) is 12.8 Å². The van der Waals surface area contributed by atoms with E-state index in [2.05, 4.69) is 35.6 Å². The maximum absolute atomic E-state index is 14.6. The number of amides is 3. The van der Waals surface area contributed by atoms with Crippen LogP contribution < -0.4 is 25.8 Å². The number of aryl methyl sites for hydroxylation is 2. The zero-order valence-electron chi connectivity index (χ0n) is 31.0. The molecule has 7 rings (SSSR count). The Labute approximate surface area is 361 Å². The fourth-order valence-electron chi connectivity index (χ4n) is 6.88. The first-order chi connectivity index (χ1) is 26.8. The summed E-state index contributed by atoms with van der Waals surface area (Å²) in [5.41, 5.74) is 1.37. The average Bonchev–Trinajstić information content (AvgIpc) is 3.39. The van der Waals surface area contributed by atoms with Gasteiger partial charge in [-0.2, -0.15) is 0 Å². The van der Waals surface area contributed by atoms with Crippen LogP contribution in [-0.2, 0) is 30.7 Å². The van der Waals surface area contributed by atoms with E-state index < -0.39 is 28.6 Å². The first-order valence-corrected chi connectivity index (χ1v) is 17.9. The van der Waals surface area contributed by atoms with Crippen molar-refractivity contribution in [1.82, 2.24) is 15.3 Å². The maximum atomic E-state index is 14.6. The van der Waals surface area contributed by atoms with Gasteiger partial charge >= 0.3 is 0 Å². The predicted molar refractivity (Wildman–Crippen MR) is 223 cm³/mol. The van der Waals surface area contributed by atoms with E-state index in [1.807, 2.05) is 0 Å². The molecule has 1 saturated heterocycles.